The maximum atomic E-state index is 5.41. The van der Waals surface area contributed by atoms with Gasteiger partial charge in [0.15, 0.2) is 5.96 Å². The molecule has 1 aliphatic carbocycles. The van der Waals surface area contributed by atoms with Crippen molar-refractivity contribution in [2.24, 2.45) is 10.9 Å². The van der Waals surface area contributed by atoms with E-state index in [2.05, 4.69) is 34.7 Å². The molecule has 2 N–H and O–H groups in total. The monoisotopic (exact) mass is 403 g/mol. The third-order valence-electron chi connectivity index (χ3n) is 3.72. The lowest BCUT2D eigenvalue weighted by Crippen LogP contribution is -2.39. The molecule has 1 atom stereocenters. The van der Waals surface area contributed by atoms with E-state index in [1.165, 1.54) is 18.4 Å². The molecule has 0 aromatic heterocycles. The lowest BCUT2D eigenvalue weighted by atomic mass is 10.0. The van der Waals surface area contributed by atoms with Crippen LogP contribution in [0, 0.1) is 5.92 Å². The zero-order chi connectivity index (χ0) is 14.4. The van der Waals surface area contributed by atoms with E-state index >= 15 is 0 Å². The molecule has 0 heterocycles. The second-order valence-corrected chi connectivity index (χ2v) is 5.42. The van der Waals surface area contributed by atoms with Gasteiger partial charge in [-0.05, 0) is 30.4 Å². The molecule has 21 heavy (non-hydrogen) atoms. The zero-order valence-corrected chi connectivity index (χ0v) is 15.4. The fourth-order valence-corrected chi connectivity index (χ4v) is 2.22. The van der Waals surface area contributed by atoms with Crippen molar-refractivity contribution in [3.05, 3.63) is 29.8 Å². The highest BCUT2D eigenvalue weighted by molar-refractivity contribution is 14.0. The third kappa shape index (κ3) is 5.73. The Kier molecular flexibility index (Phi) is 7.85. The van der Waals surface area contributed by atoms with Gasteiger partial charge in [-0.3, -0.25) is 4.99 Å². The van der Waals surface area contributed by atoms with Crippen molar-refractivity contribution in [1.82, 2.24) is 10.6 Å². The van der Waals surface area contributed by atoms with Gasteiger partial charge < -0.3 is 15.4 Å². The Labute approximate surface area is 144 Å². The third-order valence-corrected chi connectivity index (χ3v) is 3.72. The average molecular weight is 403 g/mol. The van der Waals surface area contributed by atoms with Crippen LogP contribution >= 0.6 is 24.0 Å². The highest BCUT2D eigenvalue weighted by Gasteiger charge is 2.21. The number of methoxy groups -OCH3 is 1. The quantitative estimate of drug-likeness (QED) is 0.436. The Morgan fingerprint density at radius 1 is 1.33 bits per heavy atom. The number of aliphatic imine (C=N–C) groups is 1. The second-order valence-electron chi connectivity index (χ2n) is 5.42. The van der Waals surface area contributed by atoms with Gasteiger partial charge in [0.2, 0.25) is 0 Å². The molecule has 0 amide bonds. The summed E-state index contributed by atoms with van der Waals surface area (Å²) in [6, 6.07) is 8.17. The summed E-state index contributed by atoms with van der Waals surface area (Å²) in [4.78, 5) is 4.26. The highest BCUT2D eigenvalue weighted by Crippen LogP contribution is 2.27. The molecular formula is C16H26IN3O. The van der Waals surface area contributed by atoms with Crippen LogP contribution in [0.25, 0.3) is 0 Å². The van der Waals surface area contributed by atoms with Crippen molar-refractivity contribution in [1.29, 1.82) is 0 Å². The van der Waals surface area contributed by atoms with Crippen LogP contribution in [0.15, 0.2) is 29.3 Å². The Bertz CT molecular complexity index is 461. The average Bonchev–Trinajstić information content (AvgIpc) is 3.31. The molecule has 2 rings (SSSR count). The summed E-state index contributed by atoms with van der Waals surface area (Å²) in [5.74, 6) is 3.05. The highest BCUT2D eigenvalue weighted by atomic mass is 127. The first-order valence-corrected chi connectivity index (χ1v) is 7.32. The van der Waals surface area contributed by atoms with Gasteiger partial charge in [-0.2, -0.15) is 0 Å². The number of ether oxygens (including phenoxy) is 1. The van der Waals surface area contributed by atoms with Gasteiger partial charge in [-0.1, -0.05) is 25.1 Å². The minimum Gasteiger partial charge on any atom is -0.496 e. The summed E-state index contributed by atoms with van der Waals surface area (Å²) in [6.07, 6.45) is 2.70. The molecule has 0 saturated heterocycles. The number of nitrogens with one attached hydrogen (secondary N) is 2. The number of nitrogens with zero attached hydrogens (tertiary/aromatic N) is 1. The topological polar surface area (TPSA) is 45.7 Å². The minimum absolute atomic E-state index is 0. The summed E-state index contributed by atoms with van der Waals surface area (Å²) in [7, 11) is 3.53. The van der Waals surface area contributed by atoms with Gasteiger partial charge in [-0.15, -0.1) is 24.0 Å². The molecule has 1 fully saturated rings. The number of halogens is 1. The molecule has 0 aliphatic heterocycles. The summed E-state index contributed by atoms with van der Waals surface area (Å²) >= 11 is 0. The van der Waals surface area contributed by atoms with Crippen molar-refractivity contribution in [3.8, 4) is 5.75 Å². The van der Waals surface area contributed by atoms with E-state index < -0.39 is 0 Å². The number of benzene rings is 1. The van der Waals surface area contributed by atoms with Gasteiger partial charge in [0.05, 0.1) is 7.11 Å². The Morgan fingerprint density at radius 3 is 2.67 bits per heavy atom. The maximum Gasteiger partial charge on any atom is 0.191 e. The predicted octanol–water partition coefficient (Wildman–Crippen LogP) is 2.99. The molecule has 0 spiro atoms. The molecule has 118 valence electrons. The first-order valence-electron chi connectivity index (χ1n) is 7.32. The molecule has 1 aliphatic rings. The predicted molar refractivity (Wildman–Crippen MR) is 98.9 cm³/mol. The molecule has 1 unspecified atom stereocenters. The van der Waals surface area contributed by atoms with Gasteiger partial charge in [0, 0.05) is 26.1 Å². The van der Waals surface area contributed by atoms with Crippen LogP contribution in [-0.2, 0) is 0 Å². The van der Waals surface area contributed by atoms with E-state index in [1.54, 1.807) is 7.11 Å². The van der Waals surface area contributed by atoms with Crippen LogP contribution < -0.4 is 15.4 Å². The maximum absolute atomic E-state index is 5.41. The minimum atomic E-state index is 0. The van der Waals surface area contributed by atoms with E-state index in [9.17, 15) is 0 Å². The smallest absolute Gasteiger partial charge is 0.191 e. The van der Waals surface area contributed by atoms with E-state index in [0.29, 0.717) is 5.92 Å². The van der Waals surface area contributed by atoms with Crippen molar-refractivity contribution >= 4 is 29.9 Å². The lowest BCUT2D eigenvalue weighted by molar-refractivity contribution is 0.406. The second kappa shape index (κ2) is 9.12. The van der Waals surface area contributed by atoms with Crippen molar-refractivity contribution in [2.45, 2.75) is 25.7 Å². The zero-order valence-electron chi connectivity index (χ0n) is 13.1. The van der Waals surface area contributed by atoms with Crippen molar-refractivity contribution < 1.29 is 4.74 Å². The van der Waals surface area contributed by atoms with Gasteiger partial charge in [0.1, 0.15) is 5.75 Å². The SMILES string of the molecule is CN=C(NCC1CC1)NCC(C)c1ccccc1OC.I. The fraction of sp³-hybridized carbons (Fsp3) is 0.562. The number of hydrogen-bond donors (Lipinski definition) is 2. The first kappa shape index (κ1) is 18.1. The summed E-state index contributed by atoms with van der Waals surface area (Å²) < 4.78 is 5.41. The van der Waals surface area contributed by atoms with Crippen LogP contribution in [0.3, 0.4) is 0 Å². The fourth-order valence-electron chi connectivity index (χ4n) is 2.22. The van der Waals surface area contributed by atoms with Crippen LogP contribution in [0.2, 0.25) is 0 Å². The van der Waals surface area contributed by atoms with E-state index in [1.807, 2.05) is 19.2 Å². The van der Waals surface area contributed by atoms with Crippen LogP contribution in [-0.4, -0.2) is 33.2 Å². The molecular weight excluding hydrogens is 377 g/mol. The van der Waals surface area contributed by atoms with Gasteiger partial charge in [0.25, 0.3) is 0 Å². The van der Waals surface area contributed by atoms with Gasteiger partial charge >= 0.3 is 0 Å². The largest absolute Gasteiger partial charge is 0.496 e. The van der Waals surface area contributed by atoms with Crippen molar-refractivity contribution in [3.63, 3.8) is 0 Å². The molecule has 4 nitrogen and oxygen atoms in total. The van der Waals surface area contributed by atoms with Gasteiger partial charge in [-0.25, -0.2) is 0 Å². The standard InChI is InChI=1S/C16H25N3O.HI/c1-12(14-6-4-5-7-15(14)20-3)10-18-16(17-2)19-11-13-8-9-13;/h4-7,12-13H,8-11H2,1-3H3,(H2,17,18,19);1H. The number of guanidine groups is 1. The molecule has 1 saturated carbocycles. The Morgan fingerprint density at radius 2 is 2.05 bits per heavy atom. The molecule has 0 bridgehead atoms. The van der Waals surface area contributed by atoms with Crippen LogP contribution in [0.5, 0.6) is 5.75 Å². The lowest BCUT2D eigenvalue weighted by Gasteiger charge is -2.18. The van der Waals surface area contributed by atoms with Crippen molar-refractivity contribution in [2.75, 3.05) is 27.2 Å². The molecule has 1 aromatic rings. The summed E-state index contributed by atoms with van der Waals surface area (Å²) in [5, 5.41) is 6.76. The summed E-state index contributed by atoms with van der Waals surface area (Å²) in [6.45, 7) is 4.06. The number of rotatable bonds is 6. The summed E-state index contributed by atoms with van der Waals surface area (Å²) in [5.41, 5.74) is 1.22. The van der Waals surface area contributed by atoms with E-state index in [-0.39, 0.29) is 24.0 Å². The number of para-hydroxylation sites is 1. The molecule has 1 aromatic carbocycles. The van der Waals surface area contributed by atoms with Crippen LogP contribution in [0.1, 0.15) is 31.2 Å². The Balaban J connectivity index is 0.00000220. The molecule has 0 radical (unpaired) electrons. The van der Waals surface area contributed by atoms with Crippen LogP contribution in [0.4, 0.5) is 0 Å². The number of hydrogen-bond acceptors (Lipinski definition) is 2. The first-order chi connectivity index (χ1) is 9.74. The van der Waals surface area contributed by atoms with E-state index in [0.717, 1.165) is 30.7 Å². The van der Waals surface area contributed by atoms with E-state index in [4.69, 9.17) is 4.74 Å². The molecule has 5 heteroatoms. The normalized spacial score (nSPS) is 15.9. The Hall–Kier alpha value is -0.980.